The number of aromatic nitrogens is 3. The molecule has 0 atom stereocenters. The summed E-state index contributed by atoms with van der Waals surface area (Å²) in [6.07, 6.45) is 6.30. The van der Waals surface area contributed by atoms with Gasteiger partial charge in [-0.15, -0.1) is 10.2 Å². The molecule has 0 spiro atoms. The summed E-state index contributed by atoms with van der Waals surface area (Å²) in [4.78, 5) is 17.5. The quantitative estimate of drug-likeness (QED) is 0.480. The molecule has 7 nitrogen and oxygen atoms in total. The maximum Gasteiger partial charge on any atom is 0.234 e. The SMILES string of the molecule is O=C(CSc1nnc(CN2CCCC2)n1-c1ccccc1)Nc1ccc(N2CCCCC2)cc1. The zero-order valence-electron chi connectivity index (χ0n) is 19.5. The Morgan fingerprint density at radius 2 is 1.53 bits per heavy atom. The molecule has 5 rings (SSSR count). The predicted molar refractivity (Wildman–Crippen MR) is 138 cm³/mol. The van der Waals surface area contributed by atoms with Gasteiger partial charge in [-0.25, -0.2) is 0 Å². The van der Waals surface area contributed by atoms with E-state index >= 15 is 0 Å². The van der Waals surface area contributed by atoms with Crippen molar-refractivity contribution in [2.75, 3.05) is 42.1 Å². The number of likely N-dealkylation sites (tertiary alicyclic amines) is 1. The van der Waals surface area contributed by atoms with Crippen molar-refractivity contribution in [3.8, 4) is 5.69 Å². The fourth-order valence-electron chi connectivity index (χ4n) is 4.71. The van der Waals surface area contributed by atoms with Gasteiger partial charge in [-0.05, 0) is 81.6 Å². The van der Waals surface area contributed by atoms with Crippen LogP contribution in [0.25, 0.3) is 5.69 Å². The monoisotopic (exact) mass is 476 g/mol. The topological polar surface area (TPSA) is 66.3 Å². The molecule has 1 N–H and O–H groups in total. The fourth-order valence-corrected chi connectivity index (χ4v) is 5.48. The van der Waals surface area contributed by atoms with E-state index in [4.69, 9.17) is 0 Å². The molecular formula is C26H32N6OS. The van der Waals surface area contributed by atoms with E-state index in [0.717, 1.165) is 55.1 Å². The van der Waals surface area contributed by atoms with Crippen molar-refractivity contribution in [2.24, 2.45) is 0 Å². The molecule has 0 radical (unpaired) electrons. The minimum atomic E-state index is -0.0422. The van der Waals surface area contributed by atoms with E-state index in [1.165, 1.54) is 49.6 Å². The Hall–Kier alpha value is -2.84. The van der Waals surface area contributed by atoms with Crippen LogP contribution in [0.3, 0.4) is 0 Å². The summed E-state index contributed by atoms with van der Waals surface area (Å²) in [6, 6.07) is 18.4. The van der Waals surface area contributed by atoms with Gasteiger partial charge in [0.2, 0.25) is 5.91 Å². The molecule has 2 aromatic carbocycles. The highest BCUT2D eigenvalue weighted by Gasteiger charge is 2.20. The number of hydrogen-bond acceptors (Lipinski definition) is 6. The summed E-state index contributed by atoms with van der Waals surface area (Å²) in [5, 5.41) is 12.7. The molecule has 0 aliphatic carbocycles. The van der Waals surface area contributed by atoms with E-state index in [1.807, 2.05) is 30.3 Å². The molecule has 0 unspecified atom stereocenters. The minimum absolute atomic E-state index is 0.0422. The van der Waals surface area contributed by atoms with Crippen LogP contribution in [0.2, 0.25) is 0 Å². The second kappa shape index (κ2) is 11.1. The zero-order valence-corrected chi connectivity index (χ0v) is 20.3. The number of carbonyl (C=O) groups is 1. The van der Waals surface area contributed by atoms with Crippen LogP contribution in [-0.2, 0) is 11.3 Å². The molecule has 178 valence electrons. The first-order valence-corrected chi connectivity index (χ1v) is 13.2. The second-order valence-electron chi connectivity index (χ2n) is 8.98. The Morgan fingerprint density at radius 1 is 0.824 bits per heavy atom. The molecule has 3 aromatic rings. The Balaban J connectivity index is 1.22. The van der Waals surface area contributed by atoms with E-state index in [1.54, 1.807) is 0 Å². The van der Waals surface area contributed by atoms with Crippen molar-refractivity contribution in [3.05, 3.63) is 60.4 Å². The lowest BCUT2D eigenvalue weighted by atomic mass is 10.1. The molecule has 2 aliphatic heterocycles. The molecule has 1 amide bonds. The van der Waals surface area contributed by atoms with Crippen molar-refractivity contribution < 1.29 is 4.79 Å². The summed E-state index contributed by atoms with van der Waals surface area (Å²) in [5.41, 5.74) is 3.08. The van der Waals surface area contributed by atoms with Gasteiger partial charge in [0.15, 0.2) is 11.0 Å². The van der Waals surface area contributed by atoms with E-state index in [2.05, 4.69) is 54.1 Å². The largest absolute Gasteiger partial charge is 0.372 e. The molecule has 2 aliphatic rings. The Labute approximate surface area is 205 Å². The normalized spacial score (nSPS) is 16.6. The second-order valence-corrected chi connectivity index (χ2v) is 9.93. The number of anilines is 2. The average molecular weight is 477 g/mol. The summed E-state index contributed by atoms with van der Waals surface area (Å²) in [6.45, 7) is 5.21. The predicted octanol–water partition coefficient (Wildman–Crippen LogP) is 4.58. The van der Waals surface area contributed by atoms with Crippen molar-refractivity contribution in [2.45, 2.75) is 43.8 Å². The van der Waals surface area contributed by atoms with Crippen LogP contribution in [0.1, 0.15) is 37.9 Å². The highest BCUT2D eigenvalue weighted by molar-refractivity contribution is 7.99. The van der Waals surface area contributed by atoms with Crippen molar-refractivity contribution >= 4 is 29.0 Å². The van der Waals surface area contributed by atoms with Crippen molar-refractivity contribution in [1.29, 1.82) is 0 Å². The maximum atomic E-state index is 12.7. The molecule has 0 bridgehead atoms. The maximum absolute atomic E-state index is 12.7. The van der Waals surface area contributed by atoms with E-state index in [-0.39, 0.29) is 11.7 Å². The lowest BCUT2D eigenvalue weighted by Gasteiger charge is -2.28. The first-order chi connectivity index (χ1) is 16.8. The fraction of sp³-hybridized carbons (Fsp3) is 0.423. The van der Waals surface area contributed by atoms with Crippen LogP contribution in [0, 0.1) is 0 Å². The highest BCUT2D eigenvalue weighted by Crippen LogP contribution is 2.25. The van der Waals surface area contributed by atoms with Gasteiger partial charge < -0.3 is 10.2 Å². The minimum Gasteiger partial charge on any atom is -0.372 e. The van der Waals surface area contributed by atoms with E-state index in [0.29, 0.717) is 0 Å². The number of hydrogen-bond donors (Lipinski definition) is 1. The zero-order chi connectivity index (χ0) is 23.2. The molecule has 0 saturated carbocycles. The van der Waals surface area contributed by atoms with Gasteiger partial charge in [0.1, 0.15) is 0 Å². The van der Waals surface area contributed by atoms with E-state index in [9.17, 15) is 4.79 Å². The number of amides is 1. The Morgan fingerprint density at radius 3 is 2.26 bits per heavy atom. The van der Waals surface area contributed by atoms with Crippen molar-refractivity contribution in [3.63, 3.8) is 0 Å². The number of benzene rings is 2. The summed E-state index contributed by atoms with van der Waals surface area (Å²) in [5.74, 6) is 1.16. The molecule has 3 heterocycles. The Bertz CT molecular complexity index is 1070. The van der Waals surface area contributed by atoms with Gasteiger partial charge in [-0.3, -0.25) is 14.3 Å². The lowest BCUT2D eigenvalue weighted by molar-refractivity contribution is -0.113. The van der Waals surface area contributed by atoms with Crippen LogP contribution >= 0.6 is 11.8 Å². The number of carbonyl (C=O) groups excluding carboxylic acids is 1. The lowest BCUT2D eigenvalue weighted by Crippen LogP contribution is -2.29. The molecule has 1 aromatic heterocycles. The standard InChI is InChI=1S/C26H32N6OS/c33-25(27-21-11-13-22(14-12-21)31-17-5-2-6-18-31)20-34-26-29-28-24(19-30-15-7-8-16-30)32(26)23-9-3-1-4-10-23/h1,3-4,9-14H,2,5-8,15-20H2,(H,27,33). The summed E-state index contributed by atoms with van der Waals surface area (Å²) < 4.78 is 2.09. The Kier molecular flexibility index (Phi) is 7.46. The van der Waals surface area contributed by atoms with Gasteiger partial charge in [-0.2, -0.15) is 0 Å². The molecule has 2 fully saturated rings. The third kappa shape index (κ3) is 5.62. The smallest absolute Gasteiger partial charge is 0.234 e. The van der Waals surface area contributed by atoms with Crippen LogP contribution < -0.4 is 10.2 Å². The number of nitrogens with zero attached hydrogens (tertiary/aromatic N) is 5. The van der Waals surface area contributed by atoms with Gasteiger partial charge in [0.05, 0.1) is 12.3 Å². The number of rotatable bonds is 8. The first kappa shape index (κ1) is 22.9. The molecular weight excluding hydrogens is 444 g/mol. The summed E-state index contributed by atoms with van der Waals surface area (Å²) in [7, 11) is 0. The van der Waals surface area contributed by atoms with Crippen LogP contribution in [0.15, 0.2) is 59.8 Å². The molecule has 34 heavy (non-hydrogen) atoms. The summed E-state index contributed by atoms with van der Waals surface area (Å²) >= 11 is 1.42. The van der Waals surface area contributed by atoms with Crippen molar-refractivity contribution in [1.82, 2.24) is 19.7 Å². The van der Waals surface area contributed by atoms with Crippen LogP contribution in [-0.4, -0.2) is 57.5 Å². The highest BCUT2D eigenvalue weighted by atomic mass is 32.2. The first-order valence-electron chi connectivity index (χ1n) is 12.3. The third-order valence-electron chi connectivity index (χ3n) is 6.48. The van der Waals surface area contributed by atoms with Crippen LogP contribution in [0.4, 0.5) is 11.4 Å². The third-order valence-corrected chi connectivity index (χ3v) is 7.41. The molecule has 8 heteroatoms. The molecule has 2 saturated heterocycles. The number of thioether (sulfide) groups is 1. The van der Waals surface area contributed by atoms with Gasteiger partial charge in [-0.1, -0.05) is 30.0 Å². The number of nitrogens with one attached hydrogen (secondary N) is 1. The average Bonchev–Trinajstić information content (AvgIpc) is 3.54. The number of para-hydroxylation sites is 1. The van der Waals surface area contributed by atoms with Crippen LogP contribution in [0.5, 0.6) is 0 Å². The van der Waals surface area contributed by atoms with Gasteiger partial charge in [0, 0.05) is 30.2 Å². The van der Waals surface area contributed by atoms with E-state index < -0.39 is 0 Å². The van der Waals surface area contributed by atoms with Gasteiger partial charge >= 0.3 is 0 Å². The van der Waals surface area contributed by atoms with Gasteiger partial charge in [0.25, 0.3) is 0 Å². The number of piperidine rings is 1.